The number of fused-ring (bicyclic) bond motifs is 9. The second-order valence-electron chi connectivity index (χ2n) is 13.8. The maximum atomic E-state index is 9.18. The summed E-state index contributed by atoms with van der Waals surface area (Å²) < 4.78 is 74.5. The Bertz CT molecular complexity index is 3500. The van der Waals surface area contributed by atoms with E-state index in [1.807, 2.05) is 54.6 Å². The molecule has 1 aliphatic rings. The number of para-hydroxylation sites is 3. The normalized spacial score (nSPS) is 15.4. The summed E-state index contributed by atoms with van der Waals surface area (Å²) in [6.07, 6.45) is 0. The van der Waals surface area contributed by atoms with Crippen LogP contribution in [0.5, 0.6) is 0 Å². The van der Waals surface area contributed by atoms with Gasteiger partial charge in [0.1, 0.15) is 0 Å². The Labute approximate surface area is 321 Å². The Morgan fingerprint density at radius 1 is 0.509 bits per heavy atom. The number of thiophene rings is 1. The molecule has 3 heterocycles. The molecule has 0 saturated carbocycles. The number of nitrogens with zero attached hydrogens (tertiary/aromatic N) is 4. The zero-order valence-electron chi connectivity index (χ0n) is 36.6. The van der Waals surface area contributed by atoms with E-state index in [0.29, 0.717) is 22.9 Å². The van der Waals surface area contributed by atoms with Crippen molar-refractivity contribution in [3.8, 4) is 51.0 Å². The van der Waals surface area contributed by atoms with Crippen molar-refractivity contribution in [1.82, 2.24) is 19.5 Å². The summed E-state index contributed by atoms with van der Waals surface area (Å²) >= 11 is 1.66. The fourth-order valence-corrected chi connectivity index (χ4v) is 9.33. The molecular weight excluding hydrogens is 665 g/mol. The van der Waals surface area contributed by atoms with Crippen LogP contribution in [0.3, 0.4) is 0 Å². The molecule has 0 bridgehead atoms. The summed E-state index contributed by atoms with van der Waals surface area (Å²) in [6, 6.07) is 32.6. The van der Waals surface area contributed by atoms with E-state index in [0.717, 1.165) is 48.0 Å². The molecule has 0 spiro atoms. The van der Waals surface area contributed by atoms with Gasteiger partial charge in [-0.2, -0.15) is 0 Å². The predicted molar refractivity (Wildman–Crippen MR) is 221 cm³/mol. The van der Waals surface area contributed by atoms with Crippen molar-refractivity contribution in [3.05, 3.63) is 169 Å². The lowest BCUT2D eigenvalue weighted by Crippen LogP contribution is -2.14. The molecule has 0 aliphatic heterocycles. The Morgan fingerprint density at radius 2 is 1.06 bits per heavy atom. The van der Waals surface area contributed by atoms with Gasteiger partial charge in [-0.3, -0.25) is 0 Å². The molecule has 4 nitrogen and oxygen atoms in total. The smallest absolute Gasteiger partial charge is 0.166 e. The van der Waals surface area contributed by atoms with Crippen molar-refractivity contribution >= 4 is 53.3 Å². The van der Waals surface area contributed by atoms with E-state index in [1.54, 1.807) is 23.5 Å². The minimum Gasteiger partial charge on any atom is -0.309 e. The highest BCUT2D eigenvalue weighted by Gasteiger charge is 2.37. The lowest BCUT2D eigenvalue weighted by Gasteiger charge is -2.21. The molecule has 10 aromatic rings. The van der Waals surface area contributed by atoms with Gasteiger partial charge in [0, 0.05) is 53.1 Å². The minimum absolute atomic E-state index is 0.00241. The van der Waals surface area contributed by atoms with Crippen molar-refractivity contribution in [3.63, 3.8) is 0 Å². The van der Waals surface area contributed by atoms with Gasteiger partial charge in [-0.05, 0) is 58.6 Å². The maximum absolute atomic E-state index is 9.18. The van der Waals surface area contributed by atoms with Gasteiger partial charge in [-0.25, -0.2) is 15.0 Å². The highest BCUT2D eigenvalue weighted by Crippen LogP contribution is 2.52. The molecule has 0 fully saturated rings. The summed E-state index contributed by atoms with van der Waals surface area (Å²) in [4.78, 5) is 15.8. The molecule has 0 N–H and O–H groups in total. The van der Waals surface area contributed by atoms with Crippen LogP contribution in [0, 0.1) is 0 Å². The van der Waals surface area contributed by atoms with E-state index in [1.165, 1.54) is 10.1 Å². The van der Waals surface area contributed by atoms with Crippen LogP contribution >= 0.6 is 11.3 Å². The van der Waals surface area contributed by atoms with Crippen LogP contribution in [-0.4, -0.2) is 19.5 Å². The second-order valence-corrected chi connectivity index (χ2v) is 14.8. The third kappa shape index (κ3) is 4.38. The van der Waals surface area contributed by atoms with Gasteiger partial charge in [-0.15, -0.1) is 11.3 Å². The van der Waals surface area contributed by atoms with Gasteiger partial charge in [-0.1, -0.05) is 135 Å². The Balaban J connectivity index is 1.26. The Kier molecular flexibility index (Phi) is 4.94. The SMILES string of the molecule is [2H]c1c([2H])c([2H])c2c(c1[2H])c1c([2H])c([2H])c([2H])c([2H])c1n2-c1ccccc1-c1nc(-c2cccc3c2-c2ccccc2C3(C)C)nc(-c2cccc3c2sc2ccccc23)n1. The van der Waals surface area contributed by atoms with Gasteiger partial charge < -0.3 is 4.57 Å². The van der Waals surface area contributed by atoms with Crippen LogP contribution in [-0.2, 0) is 5.41 Å². The van der Waals surface area contributed by atoms with Gasteiger partial charge in [0.15, 0.2) is 17.5 Å². The standard InChI is InChI=1S/C48H32N4S/c1-48(2)37-23-8-3-18-33(37)43-35(21-14-24-38(43)48)46-49-45(50-47(51-46)36-22-13-20-32-31-17-7-12-28-42(31)53-44(32)36)34-19-6-11-27-41(34)52-39-25-9-4-15-29(39)30-16-5-10-26-40(30)52/h3-28H,1-2H3/i4D,5D,9D,10D,15D,16D,25D,26D. The molecule has 0 saturated heterocycles. The van der Waals surface area contributed by atoms with E-state index in [-0.39, 0.29) is 45.1 Å². The average Bonchev–Trinajstić information content (AvgIpc) is 3.92. The molecule has 0 unspecified atom stereocenters. The summed E-state index contributed by atoms with van der Waals surface area (Å²) in [6.45, 7) is 4.44. The first-order valence-corrected chi connectivity index (χ1v) is 18.2. The van der Waals surface area contributed by atoms with Gasteiger partial charge in [0.05, 0.1) is 27.7 Å². The topological polar surface area (TPSA) is 43.6 Å². The Hall–Kier alpha value is -6.43. The number of benzene rings is 7. The molecule has 1 aliphatic carbocycles. The first kappa shape index (κ1) is 23.2. The fraction of sp³-hybridized carbons (Fsp3) is 0.0625. The quantitative estimate of drug-likeness (QED) is 0.183. The molecule has 250 valence electrons. The average molecular weight is 705 g/mol. The minimum atomic E-state index is -0.500. The van der Waals surface area contributed by atoms with E-state index < -0.39 is 36.3 Å². The highest BCUT2D eigenvalue weighted by atomic mass is 32.1. The monoisotopic (exact) mass is 704 g/mol. The van der Waals surface area contributed by atoms with Crippen LogP contribution in [0.1, 0.15) is 35.9 Å². The molecule has 7 aromatic carbocycles. The molecule has 11 rings (SSSR count). The van der Waals surface area contributed by atoms with Crippen LogP contribution in [0.2, 0.25) is 0 Å². The van der Waals surface area contributed by atoms with Crippen molar-refractivity contribution in [2.24, 2.45) is 0 Å². The Morgan fingerprint density at radius 3 is 1.85 bits per heavy atom. The summed E-state index contributed by atoms with van der Waals surface area (Å²) in [5.41, 5.74) is 6.70. The first-order chi connectivity index (χ1) is 29.4. The number of aromatic nitrogens is 4. The summed E-state index contributed by atoms with van der Waals surface area (Å²) in [5, 5.41) is 2.20. The molecule has 0 radical (unpaired) electrons. The van der Waals surface area contributed by atoms with Crippen LogP contribution in [0.25, 0.3) is 93.0 Å². The second kappa shape index (κ2) is 11.3. The lowest BCUT2D eigenvalue weighted by molar-refractivity contribution is 0.660. The zero-order valence-corrected chi connectivity index (χ0v) is 29.4. The largest absolute Gasteiger partial charge is 0.309 e. The molecule has 0 amide bonds. The molecule has 3 aromatic heterocycles. The van der Waals surface area contributed by atoms with Crippen molar-refractivity contribution < 1.29 is 11.0 Å². The zero-order chi connectivity index (χ0) is 42.2. The fourth-order valence-electron chi connectivity index (χ4n) is 8.12. The third-order valence-electron chi connectivity index (χ3n) is 10.5. The number of hydrogen-bond acceptors (Lipinski definition) is 4. The summed E-state index contributed by atoms with van der Waals surface area (Å²) in [5.74, 6) is 1.14. The van der Waals surface area contributed by atoms with Gasteiger partial charge in [0.25, 0.3) is 0 Å². The molecule has 5 heteroatoms. The van der Waals surface area contributed by atoms with Crippen molar-refractivity contribution in [1.29, 1.82) is 0 Å². The molecular formula is C48H32N4S. The third-order valence-corrected chi connectivity index (χ3v) is 11.8. The van der Waals surface area contributed by atoms with Gasteiger partial charge >= 0.3 is 0 Å². The number of hydrogen-bond donors (Lipinski definition) is 0. The van der Waals surface area contributed by atoms with Crippen LogP contribution in [0.4, 0.5) is 0 Å². The van der Waals surface area contributed by atoms with E-state index in [2.05, 4.69) is 56.3 Å². The summed E-state index contributed by atoms with van der Waals surface area (Å²) in [7, 11) is 0. The molecule has 53 heavy (non-hydrogen) atoms. The predicted octanol–water partition coefficient (Wildman–Crippen LogP) is 12.6. The van der Waals surface area contributed by atoms with Crippen LogP contribution < -0.4 is 0 Å². The van der Waals surface area contributed by atoms with E-state index in [9.17, 15) is 2.74 Å². The van der Waals surface area contributed by atoms with Crippen molar-refractivity contribution in [2.45, 2.75) is 19.3 Å². The highest BCUT2D eigenvalue weighted by molar-refractivity contribution is 7.26. The lowest BCUT2D eigenvalue weighted by atomic mass is 9.82. The maximum Gasteiger partial charge on any atom is 0.166 e. The van der Waals surface area contributed by atoms with E-state index in [4.69, 9.17) is 23.2 Å². The van der Waals surface area contributed by atoms with E-state index >= 15 is 0 Å². The first-order valence-electron chi connectivity index (χ1n) is 21.4. The van der Waals surface area contributed by atoms with Crippen molar-refractivity contribution in [2.75, 3.05) is 0 Å². The molecule has 0 atom stereocenters. The van der Waals surface area contributed by atoms with Crippen LogP contribution in [0.15, 0.2) is 158 Å². The van der Waals surface area contributed by atoms with Gasteiger partial charge in [0.2, 0.25) is 0 Å². The number of rotatable bonds is 4.